The molecule has 1 amide bonds. The quantitative estimate of drug-likeness (QED) is 0.433. The Morgan fingerprint density at radius 3 is 2.39 bits per heavy atom. The lowest BCUT2D eigenvalue weighted by Crippen LogP contribution is -2.13. The Bertz CT molecular complexity index is 953. The molecule has 144 valence electrons. The first-order valence-corrected chi connectivity index (χ1v) is 10.7. The number of carbonyl (C=O) groups excluding carboxylic acids is 1. The number of benzene rings is 3. The molecule has 0 aliphatic heterocycles. The topological polar surface area (TPSA) is 29.1 Å². The molecule has 0 aromatic heterocycles. The first kappa shape index (κ1) is 20.5. The molecular weight excluding hydrogens is 386 g/mol. The number of aryl methyl sites for hydroxylation is 3. The minimum Gasteiger partial charge on any atom is -0.325 e. The molecule has 0 bridgehead atoms. The van der Waals surface area contributed by atoms with Crippen molar-refractivity contribution in [1.82, 2.24) is 0 Å². The second kappa shape index (κ2) is 9.81. The minimum atomic E-state index is 0.0396. The van der Waals surface area contributed by atoms with Crippen LogP contribution in [0, 0.1) is 13.8 Å². The van der Waals surface area contributed by atoms with Crippen molar-refractivity contribution < 1.29 is 4.79 Å². The van der Waals surface area contributed by atoms with Crippen LogP contribution < -0.4 is 5.32 Å². The van der Waals surface area contributed by atoms with Crippen LogP contribution in [0.15, 0.2) is 71.6 Å². The van der Waals surface area contributed by atoms with Crippen LogP contribution in [0.2, 0.25) is 5.02 Å². The standard InChI is InChI=1S/C24H24ClNOS/c1-17-7-8-19(15-18(17)2)11-14-24(27)26-22-5-3-4-6-23(22)28-16-20-9-12-21(25)13-10-20/h3-10,12-13,15H,11,14,16H2,1-2H3,(H,26,27). The summed E-state index contributed by atoms with van der Waals surface area (Å²) in [4.78, 5) is 13.5. The third-order valence-electron chi connectivity index (χ3n) is 4.68. The summed E-state index contributed by atoms with van der Waals surface area (Å²) >= 11 is 7.66. The second-order valence-electron chi connectivity index (χ2n) is 6.88. The summed E-state index contributed by atoms with van der Waals surface area (Å²) in [5.74, 6) is 0.866. The third kappa shape index (κ3) is 5.88. The van der Waals surface area contributed by atoms with Crippen molar-refractivity contribution in [2.75, 3.05) is 5.32 Å². The van der Waals surface area contributed by atoms with E-state index in [0.717, 1.165) is 27.8 Å². The van der Waals surface area contributed by atoms with E-state index >= 15 is 0 Å². The maximum absolute atomic E-state index is 12.5. The number of thioether (sulfide) groups is 1. The van der Waals surface area contributed by atoms with Crippen molar-refractivity contribution in [3.05, 3.63) is 94.0 Å². The Hall–Kier alpha value is -2.23. The van der Waals surface area contributed by atoms with Gasteiger partial charge in [0, 0.05) is 22.1 Å². The molecule has 0 radical (unpaired) electrons. The van der Waals surface area contributed by atoms with Crippen LogP contribution in [0.3, 0.4) is 0 Å². The van der Waals surface area contributed by atoms with Crippen LogP contribution in [0.25, 0.3) is 0 Å². The van der Waals surface area contributed by atoms with Crippen molar-refractivity contribution in [3.63, 3.8) is 0 Å². The van der Waals surface area contributed by atoms with Crippen LogP contribution in [-0.2, 0) is 17.0 Å². The average Bonchev–Trinajstić information content (AvgIpc) is 2.69. The fourth-order valence-electron chi connectivity index (χ4n) is 2.87. The van der Waals surface area contributed by atoms with Crippen LogP contribution in [0.5, 0.6) is 0 Å². The third-order valence-corrected chi connectivity index (χ3v) is 6.08. The molecule has 0 atom stereocenters. The maximum Gasteiger partial charge on any atom is 0.224 e. The van der Waals surface area contributed by atoms with E-state index in [1.54, 1.807) is 11.8 Å². The molecule has 28 heavy (non-hydrogen) atoms. The zero-order chi connectivity index (χ0) is 19.9. The Morgan fingerprint density at radius 1 is 0.929 bits per heavy atom. The number of hydrogen-bond acceptors (Lipinski definition) is 2. The van der Waals surface area contributed by atoms with E-state index in [-0.39, 0.29) is 5.91 Å². The van der Waals surface area contributed by atoms with Gasteiger partial charge in [-0.1, -0.05) is 54.1 Å². The molecule has 3 rings (SSSR count). The highest BCUT2D eigenvalue weighted by molar-refractivity contribution is 7.98. The first-order valence-electron chi connectivity index (χ1n) is 9.33. The van der Waals surface area contributed by atoms with E-state index in [1.165, 1.54) is 22.3 Å². The SMILES string of the molecule is Cc1ccc(CCC(=O)Nc2ccccc2SCc2ccc(Cl)cc2)cc1C. The van der Waals surface area contributed by atoms with Gasteiger partial charge in [-0.3, -0.25) is 4.79 Å². The molecule has 0 spiro atoms. The summed E-state index contributed by atoms with van der Waals surface area (Å²) in [5, 5.41) is 3.81. The Kier molecular flexibility index (Phi) is 7.18. The minimum absolute atomic E-state index is 0.0396. The number of rotatable bonds is 7. The number of nitrogens with one attached hydrogen (secondary N) is 1. The highest BCUT2D eigenvalue weighted by Crippen LogP contribution is 2.30. The predicted octanol–water partition coefficient (Wildman–Crippen LogP) is 6.82. The van der Waals surface area contributed by atoms with Crippen molar-refractivity contribution in [2.45, 2.75) is 37.3 Å². The largest absolute Gasteiger partial charge is 0.325 e. The number of anilines is 1. The molecule has 0 unspecified atom stereocenters. The Morgan fingerprint density at radius 2 is 1.64 bits per heavy atom. The van der Waals surface area contributed by atoms with E-state index in [9.17, 15) is 4.79 Å². The van der Waals surface area contributed by atoms with E-state index in [0.29, 0.717) is 6.42 Å². The zero-order valence-corrected chi connectivity index (χ0v) is 17.7. The molecule has 0 saturated heterocycles. The van der Waals surface area contributed by atoms with Gasteiger partial charge in [-0.2, -0.15) is 0 Å². The van der Waals surface area contributed by atoms with Gasteiger partial charge in [0.05, 0.1) is 5.69 Å². The van der Waals surface area contributed by atoms with Gasteiger partial charge in [-0.05, 0) is 66.8 Å². The highest BCUT2D eigenvalue weighted by Gasteiger charge is 2.08. The lowest BCUT2D eigenvalue weighted by molar-refractivity contribution is -0.116. The number of hydrogen-bond donors (Lipinski definition) is 1. The Labute approximate surface area is 176 Å². The average molecular weight is 410 g/mol. The van der Waals surface area contributed by atoms with Gasteiger partial charge in [-0.25, -0.2) is 0 Å². The lowest BCUT2D eigenvalue weighted by Gasteiger charge is -2.11. The molecule has 0 saturated carbocycles. The van der Waals surface area contributed by atoms with Gasteiger partial charge in [0.15, 0.2) is 0 Å². The van der Waals surface area contributed by atoms with E-state index in [1.807, 2.05) is 48.5 Å². The highest BCUT2D eigenvalue weighted by atomic mass is 35.5. The molecule has 0 heterocycles. The maximum atomic E-state index is 12.5. The number of amides is 1. The van der Waals surface area contributed by atoms with Gasteiger partial charge in [-0.15, -0.1) is 11.8 Å². The monoisotopic (exact) mass is 409 g/mol. The molecule has 3 aromatic rings. The van der Waals surface area contributed by atoms with Gasteiger partial charge in [0.25, 0.3) is 0 Å². The fourth-order valence-corrected chi connectivity index (χ4v) is 3.96. The van der Waals surface area contributed by atoms with E-state index in [2.05, 4.69) is 37.4 Å². The lowest BCUT2D eigenvalue weighted by atomic mass is 10.0. The van der Waals surface area contributed by atoms with Gasteiger partial charge < -0.3 is 5.32 Å². The Balaban J connectivity index is 1.58. The van der Waals surface area contributed by atoms with Gasteiger partial charge in [0.1, 0.15) is 0 Å². The summed E-state index contributed by atoms with van der Waals surface area (Å²) in [6, 6.07) is 22.2. The fraction of sp³-hybridized carbons (Fsp3) is 0.208. The van der Waals surface area contributed by atoms with Crippen LogP contribution in [-0.4, -0.2) is 5.91 Å². The molecule has 1 N–H and O–H groups in total. The van der Waals surface area contributed by atoms with Crippen molar-refractivity contribution >= 4 is 35.0 Å². The van der Waals surface area contributed by atoms with E-state index in [4.69, 9.17) is 11.6 Å². The normalized spacial score (nSPS) is 10.7. The molecular formula is C24H24ClNOS. The summed E-state index contributed by atoms with van der Waals surface area (Å²) in [7, 11) is 0. The molecule has 4 heteroatoms. The summed E-state index contributed by atoms with van der Waals surface area (Å²) < 4.78 is 0. The van der Waals surface area contributed by atoms with Crippen LogP contribution >= 0.6 is 23.4 Å². The zero-order valence-electron chi connectivity index (χ0n) is 16.2. The van der Waals surface area contributed by atoms with Crippen molar-refractivity contribution in [1.29, 1.82) is 0 Å². The number of halogens is 1. The number of carbonyl (C=O) groups is 1. The van der Waals surface area contributed by atoms with E-state index < -0.39 is 0 Å². The number of para-hydroxylation sites is 1. The molecule has 0 aliphatic carbocycles. The van der Waals surface area contributed by atoms with Crippen molar-refractivity contribution in [3.8, 4) is 0 Å². The van der Waals surface area contributed by atoms with Crippen LogP contribution in [0.4, 0.5) is 5.69 Å². The van der Waals surface area contributed by atoms with Gasteiger partial charge in [0.2, 0.25) is 5.91 Å². The summed E-state index contributed by atoms with van der Waals surface area (Å²) in [6.07, 6.45) is 1.21. The molecule has 2 nitrogen and oxygen atoms in total. The smallest absolute Gasteiger partial charge is 0.224 e. The summed E-state index contributed by atoms with van der Waals surface area (Å²) in [6.45, 7) is 4.21. The molecule has 0 aliphatic rings. The summed E-state index contributed by atoms with van der Waals surface area (Å²) in [5.41, 5.74) is 5.81. The van der Waals surface area contributed by atoms with Crippen LogP contribution in [0.1, 0.15) is 28.7 Å². The second-order valence-corrected chi connectivity index (χ2v) is 8.33. The molecule has 0 fully saturated rings. The first-order chi connectivity index (χ1) is 13.5. The molecule has 3 aromatic carbocycles. The van der Waals surface area contributed by atoms with Crippen molar-refractivity contribution in [2.24, 2.45) is 0 Å². The predicted molar refractivity (Wildman–Crippen MR) is 120 cm³/mol. The van der Waals surface area contributed by atoms with Gasteiger partial charge >= 0.3 is 0 Å².